The highest BCUT2D eigenvalue weighted by Gasteiger charge is 2.27. The van der Waals surface area contributed by atoms with Gasteiger partial charge in [-0.05, 0) is 37.8 Å². The van der Waals surface area contributed by atoms with Crippen LogP contribution in [0.4, 0.5) is 0 Å². The van der Waals surface area contributed by atoms with Crippen molar-refractivity contribution in [3.05, 3.63) is 29.3 Å². The quantitative estimate of drug-likeness (QED) is 0.720. The van der Waals surface area contributed by atoms with Gasteiger partial charge in [-0.3, -0.25) is 4.79 Å². The lowest BCUT2D eigenvalue weighted by molar-refractivity contribution is -0.123. The Bertz CT molecular complexity index is 572. The van der Waals surface area contributed by atoms with E-state index >= 15 is 0 Å². The molecule has 2 heterocycles. The summed E-state index contributed by atoms with van der Waals surface area (Å²) in [6, 6.07) is 5.67. The average Bonchev–Trinajstić information content (AvgIpc) is 3.23. The summed E-state index contributed by atoms with van der Waals surface area (Å²) in [5.74, 6) is 0.711. The van der Waals surface area contributed by atoms with Crippen LogP contribution in [0.1, 0.15) is 30.4 Å². The number of hydrogen-bond donors (Lipinski definition) is 3. The van der Waals surface area contributed by atoms with E-state index in [1.54, 1.807) is 0 Å². The molecule has 24 heavy (non-hydrogen) atoms. The fourth-order valence-electron chi connectivity index (χ4n) is 3.12. The number of hydrogen-bond acceptors (Lipinski definition) is 5. The minimum absolute atomic E-state index is 0.0859. The van der Waals surface area contributed by atoms with Crippen LogP contribution >= 0.6 is 0 Å². The molecule has 0 aromatic heterocycles. The standard InChI is InChI=1S/C18H26N2O4/c1-12-4-5-13(9-20-18(22)16-8-14(21)10-19-16)17(7-12)24-11-15-3-2-6-23-15/h4-5,7,14-16,19,21H,2-3,6,8-11H2,1H3,(H,20,22). The summed E-state index contributed by atoms with van der Waals surface area (Å²) in [6.07, 6.45) is 2.31. The maximum Gasteiger partial charge on any atom is 0.237 e. The molecule has 0 bridgehead atoms. The van der Waals surface area contributed by atoms with Crippen LogP contribution in [0.3, 0.4) is 0 Å². The lowest BCUT2D eigenvalue weighted by atomic mass is 10.1. The number of aryl methyl sites for hydroxylation is 1. The molecule has 0 spiro atoms. The summed E-state index contributed by atoms with van der Waals surface area (Å²) < 4.78 is 11.5. The second kappa shape index (κ2) is 7.96. The van der Waals surface area contributed by atoms with Gasteiger partial charge < -0.3 is 25.2 Å². The minimum atomic E-state index is -0.439. The molecule has 1 amide bonds. The van der Waals surface area contributed by atoms with Crippen molar-refractivity contribution in [3.8, 4) is 5.75 Å². The van der Waals surface area contributed by atoms with E-state index in [2.05, 4.69) is 10.6 Å². The SMILES string of the molecule is Cc1ccc(CNC(=O)C2CC(O)CN2)c(OCC2CCCO2)c1. The zero-order chi connectivity index (χ0) is 16.9. The maximum absolute atomic E-state index is 12.2. The van der Waals surface area contributed by atoms with Crippen molar-refractivity contribution in [2.45, 2.75) is 51.0 Å². The van der Waals surface area contributed by atoms with Gasteiger partial charge in [-0.2, -0.15) is 0 Å². The van der Waals surface area contributed by atoms with Crippen LogP contribution < -0.4 is 15.4 Å². The van der Waals surface area contributed by atoms with Crippen LogP contribution in [-0.2, 0) is 16.1 Å². The number of carbonyl (C=O) groups is 1. The number of benzene rings is 1. The second-order valence-electron chi connectivity index (χ2n) is 6.63. The van der Waals surface area contributed by atoms with E-state index < -0.39 is 6.10 Å². The number of carbonyl (C=O) groups excluding carboxylic acids is 1. The fraction of sp³-hybridized carbons (Fsp3) is 0.611. The summed E-state index contributed by atoms with van der Waals surface area (Å²) in [5, 5.41) is 15.5. The average molecular weight is 334 g/mol. The first-order valence-electron chi connectivity index (χ1n) is 8.65. The van der Waals surface area contributed by atoms with Crippen molar-refractivity contribution in [2.24, 2.45) is 0 Å². The molecule has 3 atom stereocenters. The smallest absolute Gasteiger partial charge is 0.237 e. The van der Waals surface area contributed by atoms with Gasteiger partial charge in [0.2, 0.25) is 5.91 Å². The lowest BCUT2D eigenvalue weighted by Crippen LogP contribution is -2.40. The largest absolute Gasteiger partial charge is 0.491 e. The molecule has 3 unspecified atom stereocenters. The van der Waals surface area contributed by atoms with Crippen LogP contribution in [0.5, 0.6) is 5.75 Å². The molecule has 2 saturated heterocycles. The molecule has 0 radical (unpaired) electrons. The van der Waals surface area contributed by atoms with Crippen molar-refractivity contribution in [3.63, 3.8) is 0 Å². The number of rotatable bonds is 6. The predicted molar refractivity (Wildman–Crippen MR) is 89.9 cm³/mol. The number of β-amino-alcohol motifs (C(OH)–C–C–N with tert-alkyl or cyclic N) is 1. The first kappa shape index (κ1) is 17.2. The highest BCUT2D eigenvalue weighted by molar-refractivity contribution is 5.82. The fourth-order valence-corrected chi connectivity index (χ4v) is 3.12. The highest BCUT2D eigenvalue weighted by atomic mass is 16.5. The first-order valence-corrected chi connectivity index (χ1v) is 8.65. The Labute approximate surface area is 142 Å². The van der Waals surface area contributed by atoms with E-state index in [1.807, 2.05) is 25.1 Å². The van der Waals surface area contributed by atoms with Crippen LogP contribution in [0.15, 0.2) is 18.2 Å². The molecule has 6 nitrogen and oxygen atoms in total. The van der Waals surface area contributed by atoms with E-state index in [-0.39, 0.29) is 18.1 Å². The maximum atomic E-state index is 12.2. The predicted octanol–water partition coefficient (Wildman–Crippen LogP) is 0.892. The molecular formula is C18H26N2O4. The highest BCUT2D eigenvalue weighted by Crippen LogP contribution is 2.22. The van der Waals surface area contributed by atoms with Crippen LogP contribution in [0.2, 0.25) is 0 Å². The molecule has 0 aliphatic carbocycles. The Morgan fingerprint density at radius 2 is 2.38 bits per heavy atom. The summed E-state index contributed by atoms with van der Waals surface area (Å²) in [4.78, 5) is 12.2. The Kier molecular flexibility index (Phi) is 5.71. The van der Waals surface area contributed by atoms with Crippen molar-refractivity contribution in [1.29, 1.82) is 0 Å². The summed E-state index contributed by atoms with van der Waals surface area (Å²) in [6.45, 7) is 4.25. The number of ether oxygens (including phenoxy) is 2. The summed E-state index contributed by atoms with van der Waals surface area (Å²) >= 11 is 0. The van der Waals surface area contributed by atoms with Crippen molar-refractivity contribution in [2.75, 3.05) is 19.8 Å². The van der Waals surface area contributed by atoms with Gasteiger partial charge in [0.25, 0.3) is 0 Å². The van der Waals surface area contributed by atoms with E-state index in [9.17, 15) is 9.90 Å². The zero-order valence-corrected chi connectivity index (χ0v) is 14.1. The number of aliphatic hydroxyl groups excluding tert-OH is 1. The molecule has 2 fully saturated rings. The van der Waals surface area contributed by atoms with Gasteiger partial charge in [0, 0.05) is 25.3 Å². The third-order valence-electron chi connectivity index (χ3n) is 4.55. The number of amides is 1. The molecule has 2 aliphatic heterocycles. The summed E-state index contributed by atoms with van der Waals surface area (Å²) in [5.41, 5.74) is 2.07. The molecule has 0 saturated carbocycles. The molecule has 1 aromatic carbocycles. The molecule has 1 aromatic rings. The topological polar surface area (TPSA) is 79.8 Å². The molecule has 6 heteroatoms. The van der Waals surface area contributed by atoms with E-state index in [4.69, 9.17) is 9.47 Å². The van der Waals surface area contributed by atoms with Crippen LogP contribution in [-0.4, -0.2) is 49.0 Å². The van der Waals surface area contributed by atoms with Gasteiger partial charge in [-0.25, -0.2) is 0 Å². The second-order valence-corrected chi connectivity index (χ2v) is 6.63. The molecular weight excluding hydrogens is 308 g/mol. The minimum Gasteiger partial charge on any atom is -0.491 e. The third kappa shape index (κ3) is 4.47. The summed E-state index contributed by atoms with van der Waals surface area (Å²) in [7, 11) is 0. The molecule has 3 rings (SSSR count). The Morgan fingerprint density at radius 1 is 1.50 bits per heavy atom. The van der Waals surface area contributed by atoms with Gasteiger partial charge >= 0.3 is 0 Å². The Morgan fingerprint density at radius 3 is 3.08 bits per heavy atom. The number of aliphatic hydroxyl groups is 1. The lowest BCUT2D eigenvalue weighted by Gasteiger charge is -2.17. The zero-order valence-electron chi connectivity index (χ0n) is 14.1. The first-order chi connectivity index (χ1) is 11.6. The van der Waals surface area contributed by atoms with Crippen molar-refractivity contribution >= 4 is 5.91 Å². The van der Waals surface area contributed by atoms with E-state index in [1.165, 1.54) is 0 Å². The molecule has 3 N–H and O–H groups in total. The van der Waals surface area contributed by atoms with Gasteiger partial charge in [0.1, 0.15) is 12.4 Å². The van der Waals surface area contributed by atoms with Crippen LogP contribution in [0, 0.1) is 6.92 Å². The monoisotopic (exact) mass is 334 g/mol. The van der Waals surface area contributed by atoms with Gasteiger partial charge in [-0.15, -0.1) is 0 Å². The Hall–Kier alpha value is -1.63. The van der Waals surface area contributed by atoms with E-state index in [0.717, 1.165) is 36.3 Å². The van der Waals surface area contributed by atoms with Crippen molar-refractivity contribution < 1.29 is 19.4 Å². The normalized spacial score (nSPS) is 26.5. The third-order valence-corrected chi connectivity index (χ3v) is 4.55. The molecule has 2 aliphatic rings. The van der Waals surface area contributed by atoms with E-state index in [0.29, 0.717) is 26.1 Å². The van der Waals surface area contributed by atoms with Gasteiger partial charge in [0.05, 0.1) is 18.2 Å². The van der Waals surface area contributed by atoms with Crippen molar-refractivity contribution in [1.82, 2.24) is 10.6 Å². The number of nitrogens with one attached hydrogen (secondary N) is 2. The Balaban J connectivity index is 1.56. The van der Waals surface area contributed by atoms with Gasteiger partial charge in [0.15, 0.2) is 0 Å². The van der Waals surface area contributed by atoms with Crippen LogP contribution in [0.25, 0.3) is 0 Å². The molecule has 132 valence electrons. The van der Waals surface area contributed by atoms with Gasteiger partial charge in [-0.1, -0.05) is 12.1 Å².